The standard InChI is InChI=1S/C16H24O5S/c1-2-20-15(17)12-16(18)21-10-6-4-3-5-9-19-13-14-8-7-11-22-14/h7-8,11H,2-6,9-10,12-13H2,1H3. The normalized spacial score (nSPS) is 10.4. The summed E-state index contributed by atoms with van der Waals surface area (Å²) in [5.41, 5.74) is 0. The van der Waals surface area contributed by atoms with Gasteiger partial charge in [-0.15, -0.1) is 11.3 Å². The van der Waals surface area contributed by atoms with Gasteiger partial charge < -0.3 is 14.2 Å². The van der Waals surface area contributed by atoms with Gasteiger partial charge in [0.15, 0.2) is 0 Å². The van der Waals surface area contributed by atoms with Crippen LogP contribution in [0.15, 0.2) is 17.5 Å². The van der Waals surface area contributed by atoms with Crippen molar-refractivity contribution in [3.05, 3.63) is 22.4 Å². The van der Waals surface area contributed by atoms with Crippen LogP contribution in [0.5, 0.6) is 0 Å². The number of unbranched alkanes of at least 4 members (excludes halogenated alkanes) is 3. The molecule has 1 aromatic heterocycles. The van der Waals surface area contributed by atoms with Gasteiger partial charge in [0.2, 0.25) is 0 Å². The highest BCUT2D eigenvalue weighted by Gasteiger charge is 2.10. The number of hydrogen-bond donors (Lipinski definition) is 0. The molecule has 0 spiro atoms. The van der Waals surface area contributed by atoms with Crippen molar-refractivity contribution in [2.45, 2.75) is 45.6 Å². The van der Waals surface area contributed by atoms with Crippen molar-refractivity contribution in [3.63, 3.8) is 0 Å². The summed E-state index contributed by atoms with van der Waals surface area (Å²) in [5, 5.41) is 2.04. The van der Waals surface area contributed by atoms with Crippen LogP contribution in [0.1, 0.15) is 43.9 Å². The maximum Gasteiger partial charge on any atom is 0.317 e. The second-order valence-electron chi connectivity index (χ2n) is 4.75. The molecule has 1 heterocycles. The van der Waals surface area contributed by atoms with E-state index < -0.39 is 11.9 Å². The number of ether oxygens (including phenoxy) is 3. The minimum absolute atomic E-state index is 0.278. The Morgan fingerprint density at radius 3 is 2.45 bits per heavy atom. The molecule has 0 aliphatic carbocycles. The first-order valence-electron chi connectivity index (χ1n) is 7.63. The highest BCUT2D eigenvalue weighted by Crippen LogP contribution is 2.10. The van der Waals surface area contributed by atoms with E-state index in [0.717, 1.165) is 32.3 Å². The molecule has 0 aliphatic rings. The van der Waals surface area contributed by atoms with E-state index in [0.29, 0.717) is 13.2 Å². The van der Waals surface area contributed by atoms with Crippen molar-refractivity contribution in [2.75, 3.05) is 19.8 Å². The number of rotatable bonds is 12. The number of carbonyl (C=O) groups excluding carboxylic acids is 2. The Kier molecular flexibility index (Phi) is 10.3. The van der Waals surface area contributed by atoms with Gasteiger partial charge in [-0.05, 0) is 37.6 Å². The fourth-order valence-corrected chi connectivity index (χ4v) is 2.43. The van der Waals surface area contributed by atoms with Crippen molar-refractivity contribution in [2.24, 2.45) is 0 Å². The zero-order valence-electron chi connectivity index (χ0n) is 13.0. The van der Waals surface area contributed by atoms with Crippen molar-refractivity contribution >= 4 is 23.3 Å². The Morgan fingerprint density at radius 1 is 1.05 bits per heavy atom. The Labute approximate surface area is 135 Å². The van der Waals surface area contributed by atoms with Crippen molar-refractivity contribution in [3.8, 4) is 0 Å². The molecule has 0 fully saturated rings. The first kappa shape index (κ1) is 18.6. The molecule has 0 atom stereocenters. The first-order chi connectivity index (χ1) is 10.7. The van der Waals surface area contributed by atoms with E-state index in [4.69, 9.17) is 9.47 Å². The molecular weight excluding hydrogens is 304 g/mol. The van der Waals surface area contributed by atoms with Gasteiger partial charge in [-0.25, -0.2) is 0 Å². The number of carbonyl (C=O) groups is 2. The molecule has 0 saturated heterocycles. The molecule has 124 valence electrons. The molecular formula is C16H24O5S. The van der Waals surface area contributed by atoms with Crippen LogP contribution in [0.4, 0.5) is 0 Å². The molecule has 1 aromatic rings. The second-order valence-corrected chi connectivity index (χ2v) is 5.78. The van der Waals surface area contributed by atoms with E-state index in [1.165, 1.54) is 4.88 Å². The van der Waals surface area contributed by atoms with Gasteiger partial charge in [0, 0.05) is 11.5 Å². The van der Waals surface area contributed by atoms with E-state index in [9.17, 15) is 9.59 Å². The number of thiophene rings is 1. The van der Waals surface area contributed by atoms with Gasteiger partial charge in [0.05, 0.1) is 19.8 Å². The van der Waals surface area contributed by atoms with E-state index in [2.05, 4.69) is 10.8 Å². The lowest BCUT2D eigenvalue weighted by atomic mass is 10.2. The smallest absolute Gasteiger partial charge is 0.317 e. The third kappa shape index (κ3) is 9.52. The molecule has 0 bridgehead atoms. The molecule has 6 heteroatoms. The number of esters is 2. The quantitative estimate of drug-likeness (QED) is 0.335. The van der Waals surface area contributed by atoms with Crippen LogP contribution >= 0.6 is 11.3 Å². The summed E-state index contributed by atoms with van der Waals surface area (Å²) in [6, 6.07) is 4.09. The fourth-order valence-electron chi connectivity index (χ4n) is 1.79. The van der Waals surface area contributed by atoms with Gasteiger partial charge in [-0.2, -0.15) is 0 Å². The molecule has 0 N–H and O–H groups in total. The molecule has 0 aromatic carbocycles. The summed E-state index contributed by atoms with van der Waals surface area (Å²) in [7, 11) is 0. The number of hydrogen-bond acceptors (Lipinski definition) is 6. The van der Waals surface area contributed by atoms with E-state index in [-0.39, 0.29) is 13.0 Å². The van der Waals surface area contributed by atoms with Gasteiger partial charge in [0.1, 0.15) is 6.42 Å². The Hall–Kier alpha value is -1.40. The molecule has 1 rings (SSSR count). The predicted octanol–water partition coefficient (Wildman–Crippen LogP) is 3.32. The zero-order chi connectivity index (χ0) is 16.0. The van der Waals surface area contributed by atoms with Crippen molar-refractivity contribution in [1.29, 1.82) is 0 Å². The summed E-state index contributed by atoms with van der Waals surface area (Å²) in [5.74, 6) is -1.05. The highest BCUT2D eigenvalue weighted by atomic mass is 32.1. The molecule has 0 radical (unpaired) electrons. The lowest BCUT2D eigenvalue weighted by Gasteiger charge is -2.05. The van der Waals surface area contributed by atoms with E-state index >= 15 is 0 Å². The summed E-state index contributed by atoms with van der Waals surface area (Å²) in [6.07, 6.45) is 3.53. The van der Waals surface area contributed by atoms with Crippen molar-refractivity contribution in [1.82, 2.24) is 0 Å². The first-order valence-corrected chi connectivity index (χ1v) is 8.51. The van der Waals surface area contributed by atoms with Crippen LogP contribution in [0, 0.1) is 0 Å². The largest absolute Gasteiger partial charge is 0.466 e. The molecule has 0 unspecified atom stereocenters. The van der Waals surface area contributed by atoms with Crippen molar-refractivity contribution < 1.29 is 23.8 Å². The van der Waals surface area contributed by atoms with Gasteiger partial charge >= 0.3 is 11.9 Å². The van der Waals surface area contributed by atoms with Crippen LogP contribution in [-0.2, 0) is 30.4 Å². The summed E-state index contributed by atoms with van der Waals surface area (Å²) >= 11 is 1.70. The third-order valence-electron chi connectivity index (χ3n) is 2.86. The Balaban J connectivity index is 1.85. The van der Waals surface area contributed by atoms with Crippen LogP contribution in [0.3, 0.4) is 0 Å². The summed E-state index contributed by atoms with van der Waals surface area (Å²) in [6.45, 7) is 3.77. The average molecular weight is 328 g/mol. The maximum absolute atomic E-state index is 11.3. The minimum Gasteiger partial charge on any atom is -0.466 e. The van der Waals surface area contributed by atoms with Gasteiger partial charge in [-0.1, -0.05) is 12.5 Å². The van der Waals surface area contributed by atoms with E-state index in [1.54, 1.807) is 18.3 Å². The molecule has 5 nitrogen and oxygen atoms in total. The summed E-state index contributed by atoms with van der Waals surface area (Å²) in [4.78, 5) is 23.6. The molecule has 0 saturated carbocycles. The van der Waals surface area contributed by atoms with Crippen LogP contribution < -0.4 is 0 Å². The van der Waals surface area contributed by atoms with Crippen LogP contribution in [0.25, 0.3) is 0 Å². The van der Waals surface area contributed by atoms with Crippen LogP contribution in [-0.4, -0.2) is 31.8 Å². The lowest BCUT2D eigenvalue weighted by Crippen LogP contribution is -2.14. The highest BCUT2D eigenvalue weighted by molar-refractivity contribution is 7.09. The molecule has 0 aliphatic heterocycles. The van der Waals surface area contributed by atoms with E-state index in [1.807, 2.05) is 11.4 Å². The predicted molar refractivity (Wildman–Crippen MR) is 84.7 cm³/mol. The Bertz CT molecular complexity index is 416. The average Bonchev–Trinajstić information content (AvgIpc) is 2.99. The second kappa shape index (κ2) is 12.2. The molecule has 0 amide bonds. The fraction of sp³-hybridized carbons (Fsp3) is 0.625. The molecule has 22 heavy (non-hydrogen) atoms. The third-order valence-corrected chi connectivity index (χ3v) is 3.71. The van der Waals surface area contributed by atoms with Gasteiger partial charge in [0.25, 0.3) is 0 Å². The monoisotopic (exact) mass is 328 g/mol. The lowest BCUT2D eigenvalue weighted by molar-refractivity contribution is -0.154. The van der Waals surface area contributed by atoms with Crippen LogP contribution in [0.2, 0.25) is 0 Å². The topological polar surface area (TPSA) is 61.8 Å². The maximum atomic E-state index is 11.3. The zero-order valence-corrected chi connectivity index (χ0v) is 13.9. The summed E-state index contributed by atoms with van der Waals surface area (Å²) < 4.78 is 15.2. The Morgan fingerprint density at radius 2 is 1.77 bits per heavy atom. The SMILES string of the molecule is CCOC(=O)CC(=O)OCCCCCCOCc1cccs1. The van der Waals surface area contributed by atoms with Gasteiger partial charge in [-0.3, -0.25) is 9.59 Å². The minimum atomic E-state index is -0.532.